The number of aromatic carboxylic acids is 1. The fourth-order valence-corrected chi connectivity index (χ4v) is 1.78. The van der Waals surface area contributed by atoms with Gasteiger partial charge in [-0.25, -0.2) is 4.79 Å². The molecule has 2 rings (SSSR count). The first kappa shape index (κ1) is 10.3. The Morgan fingerprint density at radius 3 is 2.73 bits per heavy atom. The van der Waals surface area contributed by atoms with Gasteiger partial charge in [-0.05, 0) is 6.07 Å². The summed E-state index contributed by atoms with van der Waals surface area (Å²) in [6.45, 7) is 2.56. The van der Waals surface area contributed by atoms with Crippen LogP contribution >= 0.6 is 11.6 Å². The van der Waals surface area contributed by atoms with Gasteiger partial charge in [-0.2, -0.15) is 0 Å². The molecule has 1 aromatic rings. The Morgan fingerprint density at radius 2 is 2.13 bits per heavy atom. The van der Waals surface area contributed by atoms with Crippen molar-refractivity contribution in [2.24, 2.45) is 0 Å². The van der Waals surface area contributed by atoms with E-state index in [1.54, 1.807) is 10.9 Å². The van der Waals surface area contributed by atoms with E-state index < -0.39 is 5.97 Å². The molecule has 5 nitrogen and oxygen atoms in total. The number of nitrogens with zero attached hydrogens (tertiary/aromatic N) is 2. The van der Waals surface area contributed by atoms with E-state index in [1.807, 2.05) is 5.01 Å². The average Bonchev–Trinajstić information content (AvgIpc) is 2.62. The van der Waals surface area contributed by atoms with Gasteiger partial charge >= 0.3 is 5.97 Å². The summed E-state index contributed by atoms with van der Waals surface area (Å²) in [6, 6.07) is 1.44. The Labute approximate surface area is 91.8 Å². The van der Waals surface area contributed by atoms with Crippen molar-refractivity contribution in [2.45, 2.75) is 0 Å². The quantitative estimate of drug-likeness (QED) is 0.817. The maximum absolute atomic E-state index is 10.9. The van der Waals surface area contributed by atoms with Crippen LogP contribution in [-0.2, 0) is 4.74 Å². The lowest BCUT2D eigenvalue weighted by Crippen LogP contribution is -2.44. The summed E-state index contributed by atoms with van der Waals surface area (Å²) >= 11 is 5.79. The third kappa shape index (κ3) is 2.08. The molecule has 82 valence electrons. The molecule has 0 saturated carbocycles. The van der Waals surface area contributed by atoms with E-state index in [4.69, 9.17) is 21.4 Å². The number of carbonyl (C=O) groups is 1. The molecule has 1 aliphatic heterocycles. The smallest absolute Gasteiger partial charge is 0.354 e. The van der Waals surface area contributed by atoms with Crippen molar-refractivity contribution in [1.29, 1.82) is 0 Å². The largest absolute Gasteiger partial charge is 0.477 e. The first-order valence-electron chi connectivity index (χ1n) is 4.62. The van der Waals surface area contributed by atoms with Crippen LogP contribution in [-0.4, -0.2) is 42.1 Å². The number of hydrogen-bond acceptors (Lipinski definition) is 3. The lowest BCUT2D eigenvalue weighted by Gasteiger charge is -2.30. The van der Waals surface area contributed by atoms with Crippen LogP contribution in [0.15, 0.2) is 12.3 Å². The van der Waals surface area contributed by atoms with Gasteiger partial charge in [0.1, 0.15) is 5.69 Å². The van der Waals surface area contributed by atoms with E-state index in [0.29, 0.717) is 31.3 Å². The van der Waals surface area contributed by atoms with Gasteiger partial charge in [0.15, 0.2) is 0 Å². The Balaban J connectivity index is 2.28. The van der Waals surface area contributed by atoms with Crippen LogP contribution in [0.2, 0.25) is 5.02 Å². The molecule has 0 atom stereocenters. The van der Waals surface area contributed by atoms with E-state index in [2.05, 4.69) is 0 Å². The summed E-state index contributed by atoms with van der Waals surface area (Å²) in [4.78, 5) is 10.9. The third-order valence-corrected chi connectivity index (χ3v) is 2.49. The van der Waals surface area contributed by atoms with Crippen LogP contribution in [0.4, 0.5) is 0 Å². The second-order valence-electron chi connectivity index (χ2n) is 3.26. The zero-order valence-electron chi connectivity index (χ0n) is 8.02. The van der Waals surface area contributed by atoms with Crippen molar-refractivity contribution in [3.63, 3.8) is 0 Å². The molecular weight excluding hydrogens is 220 g/mol. The summed E-state index contributed by atoms with van der Waals surface area (Å²) in [5.74, 6) is -0.978. The predicted molar refractivity (Wildman–Crippen MR) is 55.2 cm³/mol. The van der Waals surface area contributed by atoms with Crippen molar-refractivity contribution < 1.29 is 14.6 Å². The van der Waals surface area contributed by atoms with Gasteiger partial charge in [-0.3, -0.25) is 4.68 Å². The molecule has 1 aromatic heterocycles. The number of aromatic nitrogens is 1. The molecule has 0 aromatic carbocycles. The number of hydrogen-bond donors (Lipinski definition) is 1. The van der Waals surface area contributed by atoms with Crippen molar-refractivity contribution in [1.82, 2.24) is 4.68 Å². The van der Waals surface area contributed by atoms with Crippen LogP contribution < -0.4 is 5.01 Å². The van der Waals surface area contributed by atoms with E-state index in [9.17, 15) is 4.79 Å². The molecule has 0 bridgehead atoms. The van der Waals surface area contributed by atoms with Crippen molar-refractivity contribution in [3.8, 4) is 0 Å². The number of ether oxygens (including phenoxy) is 1. The summed E-state index contributed by atoms with van der Waals surface area (Å²) in [7, 11) is 0. The Bertz CT molecular complexity index is 371. The molecular formula is C9H11ClN2O3. The highest BCUT2D eigenvalue weighted by molar-refractivity contribution is 6.30. The molecule has 0 amide bonds. The van der Waals surface area contributed by atoms with E-state index in [-0.39, 0.29) is 5.69 Å². The molecule has 1 N–H and O–H groups in total. The second-order valence-corrected chi connectivity index (χ2v) is 3.70. The van der Waals surface area contributed by atoms with Gasteiger partial charge in [0.25, 0.3) is 0 Å². The Morgan fingerprint density at radius 1 is 1.47 bits per heavy atom. The second kappa shape index (κ2) is 4.12. The summed E-state index contributed by atoms with van der Waals surface area (Å²) < 4.78 is 6.77. The summed E-state index contributed by atoms with van der Waals surface area (Å²) in [5.41, 5.74) is 0.182. The molecule has 0 radical (unpaired) electrons. The predicted octanol–water partition coefficient (Wildman–Crippen LogP) is 0.808. The number of rotatable bonds is 2. The molecule has 0 spiro atoms. The maximum Gasteiger partial charge on any atom is 0.354 e. The minimum absolute atomic E-state index is 0.182. The summed E-state index contributed by atoms with van der Waals surface area (Å²) in [6.07, 6.45) is 1.61. The van der Waals surface area contributed by atoms with Crippen molar-refractivity contribution in [2.75, 3.05) is 31.3 Å². The Kier molecular flexibility index (Phi) is 2.83. The monoisotopic (exact) mass is 230 g/mol. The Hall–Kier alpha value is -1.20. The average molecular weight is 231 g/mol. The van der Waals surface area contributed by atoms with E-state index >= 15 is 0 Å². The number of carboxylic acids is 1. The topological polar surface area (TPSA) is 54.7 Å². The minimum Gasteiger partial charge on any atom is -0.477 e. The molecule has 15 heavy (non-hydrogen) atoms. The molecule has 1 fully saturated rings. The number of halogens is 1. The molecule has 1 aliphatic rings. The van der Waals surface area contributed by atoms with Crippen molar-refractivity contribution in [3.05, 3.63) is 23.0 Å². The zero-order valence-corrected chi connectivity index (χ0v) is 8.78. The molecule has 0 aliphatic carbocycles. The lowest BCUT2D eigenvalue weighted by molar-refractivity contribution is 0.0677. The van der Waals surface area contributed by atoms with Gasteiger partial charge in [0, 0.05) is 6.20 Å². The molecule has 0 unspecified atom stereocenters. The SMILES string of the molecule is O=C(O)c1cc(Cl)cn1N1CCOCC1. The van der Waals surface area contributed by atoms with Crippen LogP contribution in [0.1, 0.15) is 10.5 Å². The standard InChI is InChI=1S/C9H11ClN2O3/c10-7-5-8(9(13)14)12(6-7)11-1-3-15-4-2-11/h5-6H,1-4H2,(H,13,14). The van der Waals surface area contributed by atoms with Gasteiger partial charge in [-0.15, -0.1) is 0 Å². The fraction of sp³-hybridized carbons (Fsp3) is 0.444. The van der Waals surface area contributed by atoms with Crippen LogP contribution in [0, 0.1) is 0 Å². The first-order valence-corrected chi connectivity index (χ1v) is 5.00. The number of morpholine rings is 1. The van der Waals surface area contributed by atoms with Crippen LogP contribution in [0.25, 0.3) is 0 Å². The van der Waals surface area contributed by atoms with Crippen LogP contribution in [0.5, 0.6) is 0 Å². The highest BCUT2D eigenvalue weighted by atomic mass is 35.5. The fourth-order valence-electron chi connectivity index (χ4n) is 1.58. The third-order valence-electron chi connectivity index (χ3n) is 2.28. The van der Waals surface area contributed by atoms with Gasteiger partial charge in [-0.1, -0.05) is 11.6 Å². The highest BCUT2D eigenvalue weighted by Gasteiger charge is 2.18. The summed E-state index contributed by atoms with van der Waals surface area (Å²) in [5, 5.41) is 11.3. The van der Waals surface area contributed by atoms with E-state index in [1.165, 1.54) is 6.07 Å². The van der Waals surface area contributed by atoms with Crippen molar-refractivity contribution >= 4 is 17.6 Å². The highest BCUT2D eigenvalue weighted by Crippen LogP contribution is 2.15. The maximum atomic E-state index is 10.9. The van der Waals surface area contributed by atoms with E-state index in [0.717, 1.165) is 0 Å². The van der Waals surface area contributed by atoms with Gasteiger partial charge < -0.3 is 14.9 Å². The molecule has 1 saturated heterocycles. The molecule has 6 heteroatoms. The number of carboxylic acid groups (broad SMARTS) is 1. The molecule has 2 heterocycles. The lowest BCUT2D eigenvalue weighted by atomic mass is 10.4. The van der Waals surface area contributed by atoms with Gasteiger partial charge in [0.05, 0.1) is 31.3 Å². The normalized spacial score (nSPS) is 16.7. The minimum atomic E-state index is -0.978. The first-order chi connectivity index (χ1) is 7.18. The van der Waals surface area contributed by atoms with Crippen LogP contribution in [0.3, 0.4) is 0 Å². The zero-order chi connectivity index (χ0) is 10.8. The van der Waals surface area contributed by atoms with Gasteiger partial charge in [0.2, 0.25) is 0 Å².